The first kappa shape index (κ1) is 17.0. The highest BCUT2D eigenvalue weighted by Gasteiger charge is 2.29. The van der Waals surface area contributed by atoms with E-state index in [0.29, 0.717) is 5.91 Å². The number of para-hydroxylation sites is 1. The zero-order valence-corrected chi connectivity index (χ0v) is 15.7. The molecule has 1 aromatic heterocycles. The molecule has 1 aliphatic carbocycles. The van der Waals surface area contributed by atoms with Gasteiger partial charge in [-0.05, 0) is 25.0 Å². The van der Waals surface area contributed by atoms with Gasteiger partial charge in [-0.2, -0.15) is 0 Å². The van der Waals surface area contributed by atoms with Crippen LogP contribution in [0.2, 0.25) is 0 Å². The van der Waals surface area contributed by atoms with Gasteiger partial charge >= 0.3 is 0 Å². The van der Waals surface area contributed by atoms with Gasteiger partial charge in [-0.3, -0.25) is 9.69 Å². The number of rotatable bonds is 5. The number of fused-ring (bicyclic) bond motifs is 1. The van der Waals surface area contributed by atoms with E-state index in [1.165, 1.54) is 49.9 Å². The molecule has 2 aromatic rings. The van der Waals surface area contributed by atoms with Crippen molar-refractivity contribution in [2.24, 2.45) is 5.92 Å². The summed E-state index contributed by atoms with van der Waals surface area (Å²) in [6, 6.07) is 8.22. The van der Waals surface area contributed by atoms with Crippen LogP contribution >= 0.6 is 11.3 Å². The molecule has 1 aliphatic heterocycles. The third-order valence-electron chi connectivity index (χ3n) is 5.73. The van der Waals surface area contributed by atoms with Gasteiger partial charge in [-0.1, -0.05) is 42.7 Å². The van der Waals surface area contributed by atoms with Gasteiger partial charge in [0.2, 0.25) is 5.91 Å². The average molecular weight is 359 g/mol. The van der Waals surface area contributed by atoms with Crippen LogP contribution in [0.1, 0.15) is 44.9 Å². The first-order chi connectivity index (χ1) is 12.3. The van der Waals surface area contributed by atoms with Crippen LogP contribution in [0, 0.1) is 5.92 Å². The van der Waals surface area contributed by atoms with Crippen molar-refractivity contribution in [3.8, 4) is 0 Å². The molecule has 4 nitrogen and oxygen atoms in total. The van der Waals surface area contributed by atoms with Crippen molar-refractivity contribution in [1.29, 1.82) is 0 Å². The van der Waals surface area contributed by atoms with E-state index in [1.807, 2.05) is 23.1 Å². The summed E-state index contributed by atoms with van der Waals surface area (Å²) in [4.78, 5) is 21.7. The molecule has 0 atom stereocenters. The van der Waals surface area contributed by atoms with Gasteiger partial charge in [0.05, 0.1) is 36.4 Å². The number of carbonyl (C=O) groups excluding carboxylic acids is 1. The maximum atomic E-state index is 13.3. The second-order valence-corrected chi connectivity index (χ2v) is 8.51. The highest BCUT2D eigenvalue weighted by molar-refractivity contribution is 7.22. The van der Waals surface area contributed by atoms with Crippen molar-refractivity contribution in [2.45, 2.75) is 44.9 Å². The van der Waals surface area contributed by atoms with Gasteiger partial charge in [0, 0.05) is 18.8 Å². The molecule has 4 rings (SSSR count). The van der Waals surface area contributed by atoms with Gasteiger partial charge in [-0.15, -0.1) is 0 Å². The lowest BCUT2D eigenvalue weighted by Gasteiger charge is -2.28. The highest BCUT2D eigenvalue weighted by atomic mass is 32.1. The maximum Gasteiger partial charge on any atom is 0.232 e. The van der Waals surface area contributed by atoms with E-state index in [-0.39, 0.29) is 5.92 Å². The quantitative estimate of drug-likeness (QED) is 0.892. The Balaban J connectivity index is 1.56. The van der Waals surface area contributed by atoms with Gasteiger partial charge in [0.25, 0.3) is 0 Å². The van der Waals surface area contributed by atoms with Gasteiger partial charge in [-0.25, -0.2) is 4.98 Å². The molecular formula is C20H28N3OS+. The Labute approximate surface area is 153 Å². The van der Waals surface area contributed by atoms with Crippen molar-refractivity contribution in [3.05, 3.63) is 24.3 Å². The number of aromatic nitrogens is 1. The third kappa shape index (κ3) is 3.87. The molecule has 2 heterocycles. The lowest BCUT2D eigenvalue weighted by Crippen LogP contribution is -3.10. The maximum absolute atomic E-state index is 13.3. The predicted molar refractivity (Wildman–Crippen MR) is 103 cm³/mol. The summed E-state index contributed by atoms with van der Waals surface area (Å²) >= 11 is 1.66. The van der Waals surface area contributed by atoms with Crippen molar-refractivity contribution in [3.63, 3.8) is 0 Å². The summed E-state index contributed by atoms with van der Waals surface area (Å²) in [5.41, 5.74) is 1.01. The molecule has 1 saturated carbocycles. The normalized spacial score (nSPS) is 19.5. The van der Waals surface area contributed by atoms with Crippen LogP contribution in [0.25, 0.3) is 10.2 Å². The number of anilines is 1. The van der Waals surface area contributed by atoms with E-state index in [9.17, 15) is 4.79 Å². The zero-order chi connectivity index (χ0) is 17.1. The fourth-order valence-corrected chi connectivity index (χ4v) is 5.24. The molecule has 0 unspecified atom stereocenters. The lowest BCUT2D eigenvalue weighted by molar-refractivity contribution is -0.885. The van der Waals surface area contributed by atoms with Crippen LogP contribution in [0.15, 0.2) is 24.3 Å². The molecule has 1 amide bonds. The SMILES string of the molecule is O=C(C1CCCCC1)N(CC[NH+]1CCCC1)c1nc2ccccc2s1. The van der Waals surface area contributed by atoms with Crippen LogP contribution in [-0.2, 0) is 4.79 Å². The summed E-state index contributed by atoms with van der Waals surface area (Å²) in [6.07, 6.45) is 8.43. The Kier molecular flexibility index (Phi) is 5.32. The molecule has 0 bridgehead atoms. The molecule has 5 heteroatoms. The molecule has 0 radical (unpaired) electrons. The molecule has 2 aliphatic rings. The molecule has 1 saturated heterocycles. The van der Waals surface area contributed by atoms with E-state index in [2.05, 4.69) is 6.07 Å². The number of nitrogens with one attached hydrogen (secondary N) is 1. The van der Waals surface area contributed by atoms with Gasteiger partial charge in [0.15, 0.2) is 5.13 Å². The third-order valence-corrected chi connectivity index (χ3v) is 6.79. The van der Waals surface area contributed by atoms with Crippen molar-refractivity contribution in [1.82, 2.24) is 4.98 Å². The number of benzene rings is 1. The van der Waals surface area contributed by atoms with Crippen LogP contribution in [-0.4, -0.2) is 37.1 Å². The Morgan fingerprint density at radius 1 is 1.12 bits per heavy atom. The summed E-state index contributed by atoms with van der Waals surface area (Å²) in [6.45, 7) is 4.37. The summed E-state index contributed by atoms with van der Waals surface area (Å²) < 4.78 is 1.17. The van der Waals surface area contributed by atoms with Gasteiger partial charge in [0.1, 0.15) is 0 Å². The Morgan fingerprint density at radius 2 is 1.88 bits per heavy atom. The van der Waals surface area contributed by atoms with Crippen molar-refractivity contribution >= 4 is 32.6 Å². The van der Waals surface area contributed by atoms with Crippen LogP contribution < -0.4 is 9.80 Å². The number of nitrogens with zero attached hydrogens (tertiary/aromatic N) is 2. The molecule has 1 N–H and O–H groups in total. The Bertz CT molecular complexity index is 684. The molecule has 134 valence electrons. The molecule has 1 aromatic carbocycles. The average Bonchev–Trinajstić information content (AvgIpc) is 3.32. The van der Waals surface area contributed by atoms with E-state index < -0.39 is 0 Å². The van der Waals surface area contributed by atoms with Crippen LogP contribution in [0.4, 0.5) is 5.13 Å². The van der Waals surface area contributed by atoms with E-state index in [0.717, 1.165) is 36.6 Å². The largest absolute Gasteiger partial charge is 0.333 e. The summed E-state index contributed by atoms with van der Waals surface area (Å²) in [5, 5.41) is 0.898. The number of carbonyl (C=O) groups is 1. The standard InChI is InChI=1S/C20H27N3OS/c24-19(16-8-2-1-3-9-16)23(15-14-22-12-6-7-13-22)20-21-17-10-4-5-11-18(17)25-20/h4-5,10-11,16H,1-3,6-9,12-15H2/p+1. The first-order valence-corrected chi connectivity index (χ1v) is 10.6. The minimum atomic E-state index is 0.203. The van der Waals surface area contributed by atoms with Gasteiger partial charge < -0.3 is 4.90 Å². The fourth-order valence-electron chi connectivity index (χ4n) is 4.24. The molecule has 2 fully saturated rings. The lowest BCUT2D eigenvalue weighted by atomic mass is 9.88. The number of hydrogen-bond donors (Lipinski definition) is 1. The second kappa shape index (κ2) is 7.83. The fraction of sp³-hybridized carbons (Fsp3) is 0.600. The highest BCUT2D eigenvalue weighted by Crippen LogP contribution is 2.32. The van der Waals surface area contributed by atoms with Crippen molar-refractivity contribution in [2.75, 3.05) is 31.1 Å². The monoisotopic (exact) mass is 358 g/mol. The molecular weight excluding hydrogens is 330 g/mol. The predicted octanol–water partition coefficient (Wildman–Crippen LogP) is 2.89. The summed E-state index contributed by atoms with van der Waals surface area (Å²) in [5.74, 6) is 0.520. The Morgan fingerprint density at radius 3 is 2.64 bits per heavy atom. The van der Waals surface area contributed by atoms with Crippen LogP contribution in [0.3, 0.4) is 0 Å². The van der Waals surface area contributed by atoms with E-state index >= 15 is 0 Å². The number of hydrogen-bond acceptors (Lipinski definition) is 3. The smallest absolute Gasteiger partial charge is 0.232 e. The number of amides is 1. The first-order valence-electron chi connectivity index (χ1n) is 9.82. The number of likely N-dealkylation sites (tertiary alicyclic amines) is 1. The minimum absolute atomic E-state index is 0.203. The topological polar surface area (TPSA) is 37.6 Å². The Hall–Kier alpha value is -1.46. The number of thiazole rings is 1. The number of quaternary nitrogens is 1. The van der Waals surface area contributed by atoms with E-state index in [1.54, 1.807) is 16.2 Å². The molecule has 0 spiro atoms. The summed E-state index contributed by atoms with van der Waals surface area (Å²) in [7, 11) is 0. The zero-order valence-electron chi connectivity index (χ0n) is 14.9. The van der Waals surface area contributed by atoms with Crippen molar-refractivity contribution < 1.29 is 9.69 Å². The minimum Gasteiger partial charge on any atom is -0.333 e. The molecule has 25 heavy (non-hydrogen) atoms. The van der Waals surface area contributed by atoms with Crippen LogP contribution in [0.5, 0.6) is 0 Å². The second-order valence-electron chi connectivity index (χ2n) is 7.50. The van der Waals surface area contributed by atoms with E-state index in [4.69, 9.17) is 4.98 Å².